The maximum Gasteiger partial charge on any atom is 0.161 e. The van der Waals surface area contributed by atoms with E-state index in [0.29, 0.717) is 0 Å². The number of aryl methyl sites for hydroxylation is 2. The lowest BCUT2D eigenvalue weighted by atomic mass is 10.0. The van der Waals surface area contributed by atoms with Crippen LogP contribution in [0.2, 0.25) is 0 Å². The van der Waals surface area contributed by atoms with E-state index in [2.05, 4.69) is 43.2 Å². The normalized spacial score (nSPS) is 12.4. The number of methoxy groups -OCH3 is 1. The van der Waals surface area contributed by atoms with Gasteiger partial charge in [0.25, 0.3) is 0 Å². The van der Waals surface area contributed by atoms with E-state index in [1.165, 1.54) is 11.1 Å². The van der Waals surface area contributed by atoms with Crippen LogP contribution in [0.1, 0.15) is 36.2 Å². The van der Waals surface area contributed by atoms with Crippen LogP contribution in [-0.4, -0.2) is 16.9 Å². The van der Waals surface area contributed by atoms with Gasteiger partial charge in [0.2, 0.25) is 0 Å². The molecule has 0 aliphatic heterocycles. The van der Waals surface area contributed by atoms with Crippen LogP contribution in [0.25, 0.3) is 0 Å². The summed E-state index contributed by atoms with van der Waals surface area (Å²) in [6.07, 6.45) is 3.56. The van der Waals surface area contributed by atoms with E-state index in [1.807, 2.05) is 4.68 Å². The molecule has 4 nitrogen and oxygen atoms in total. The summed E-state index contributed by atoms with van der Waals surface area (Å²) in [4.78, 5) is 0. The van der Waals surface area contributed by atoms with Crippen LogP contribution >= 0.6 is 0 Å². The lowest BCUT2D eigenvalue weighted by Gasteiger charge is -2.16. The van der Waals surface area contributed by atoms with Crippen molar-refractivity contribution in [1.82, 2.24) is 9.78 Å². The number of benzene rings is 1. The second kappa shape index (κ2) is 6.57. The lowest BCUT2D eigenvalue weighted by molar-refractivity contribution is 0.400. The fourth-order valence-electron chi connectivity index (χ4n) is 2.49. The summed E-state index contributed by atoms with van der Waals surface area (Å²) in [6, 6.07) is 8.34. The molecule has 2 aromatic rings. The van der Waals surface area contributed by atoms with Crippen molar-refractivity contribution in [2.75, 3.05) is 7.11 Å². The summed E-state index contributed by atoms with van der Waals surface area (Å²) >= 11 is 0. The summed E-state index contributed by atoms with van der Waals surface area (Å²) in [5.74, 6) is 0.776. The van der Waals surface area contributed by atoms with Gasteiger partial charge in [-0.2, -0.15) is 5.10 Å². The van der Waals surface area contributed by atoms with Crippen molar-refractivity contribution in [3.63, 3.8) is 0 Å². The van der Waals surface area contributed by atoms with E-state index in [4.69, 9.17) is 10.5 Å². The maximum absolute atomic E-state index is 6.39. The average molecular weight is 273 g/mol. The van der Waals surface area contributed by atoms with E-state index in [-0.39, 0.29) is 6.04 Å². The van der Waals surface area contributed by atoms with E-state index >= 15 is 0 Å². The molecule has 2 rings (SSSR count). The summed E-state index contributed by atoms with van der Waals surface area (Å²) in [5.41, 5.74) is 9.86. The number of nitrogens with two attached hydrogens (primary N) is 1. The number of hydrogen-bond donors (Lipinski definition) is 1. The predicted molar refractivity (Wildman–Crippen MR) is 80.9 cm³/mol. The van der Waals surface area contributed by atoms with Crippen molar-refractivity contribution >= 4 is 0 Å². The van der Waals surface area contributed by atoms with Gasteiger partial charge in [-0.15, -0.1) is 0 Å². The first-order valence-corrected chi connectivity index (χ1v) is 7.06. The van der Waals surface area contributed by atoms with Gasteiger partial charge >= 0.3 is 0 Å². The fraction of sp³-hybridized carbons (Fsp3) is 0.438. The molecule has 0 amide bonds. The van der Waals surface area contributed by atoms with Gasteiger partial charge < -0.3 is 10.5 Å². The number of hydrogen-bond acceptors (Lipinski definition) is 3. The quantitative estimate of drug-likeness (QED) is 0.880. The zero-order valence-electron chi connectivity index (χ0n) is 12.5. The summed E-state index contributed by atoms with van der Waals surface area (Å²) in [5, 5.41) is 4.37. The SMILES string of the molecule is CCCn1ncc(OC)c1C(N)Cc1cccc(C)c1. The predicted octanol–water partition coefficient (Wildman–Crippen LogP) is 2.85. The highest BCUT2D eigenvalue weighted by Gasteiger charge is 2.18. The first kappa shape index (κ1) is 14.6. The van der Waals surface area contributed by atoms with Crippen molar-refractivity contribution in [3.05, 3.63) is 47.3 Å². The first-order chi connectivity index (χ1) is 9.65. The first-order valence-electron chi connectivity index (χ1n) is 7.06. The summed E-state index contributed by atoms with van der Waals surface area (Å²) in [6.45, 7) is 5.08. The Balaban J connectivity index is 2.23. The molecule has 4 heteroatoms. The van der Waals surface area contributed by atoms with Crippen molar-refractivity contribution < 1.29 is 4.74 Å². The molecule has 0 bridgehead atoms. The minimum absolute atomic E-state index is 0.110. The van der Waals surface area contributed by atoms with Gasteiger partial charge in [-0.3, -0.25) is 4.68 Å². The maximum atomic E-state index is 6.39. The number of aromatic nitrogens is 2. The number of ether oxygens (including phenoxy) is 1. The standard InChI is InChI=1S/C16H23N3O/c1-4-8-19-16(15(20-3)11-18-19)14(17)10-13-7-5-6-12(2)9-13/h5-7,9,11,14H,4,8,10,17H2,1-3H3. The Labute approximate surface area is 120 Å². The Morgan fingerprint density at radius 1 is 1.40 bits per heavy atom. The molecule has 0 spiro atoms. The van der Waals surface area contributed by atoms with Crippen molar-refractivity contribution in [1.29, 1.82) is 0 Å². The van der Waals surface area contributed by atoms with E-state index in [0.717, 1.165) is 30.8 Å². The van der Waals surface area contributed by atoms with Crippen LogP contribution in [0.3, 0.4) is 0 Å². The van der Waals surface area contributed by atoms with Gasteiger partial charge in [0.1, 0.15) is 0 Å². The summed E-state index contributed by atoms with van der Waals surface area (Å²) in [7, 11) is 1.66. The third kappa shape index (κ3) is 3.20. The Morgan fingerprint density at radius 3 is 2.85 bits per heavy atom. The molecule has 0 saturated carbocycles. The lowest BCUT2D eigenvalue weighted by Crippen LogP contribution is -2.19. The van der Waals surface area contributed by atoms with Crippen LogP contribution in [0.4, 0.5) is 0 Å². The largest absolute Gasteiger partial charge is 0.493 e. The second-order valence-corrected chi connectivity index (χ2v) is 5.12. The molecule has 1 unspecified atom stereocenters. The minimum Gasteiger partial charge on any atom is -0.493 e. The van der Waals surface area contributed by atoms with Crippen LogP contribution in [-0.2, 0) is 13.0 Å². The number of rotatable bonds is 6. The van der Waals surface area contributed by atoms with E-state index in [9.17, 15) is 0 Å². The summed E-state index contributed by atoms with van der Waals surface area (Å²) < 4.78 is 7.35. The third-order valence-electron chi connectivity index (χ3n) is 3.39. The highest BCUT2D eigenvalue weighted by atomic mass is 16.5. The molecule has 2 N–H and O–H groups in total. The molecule has 1 heterocycles. The van der Waals surface area contributed by atoms with Crippen molar-refractivity contribution in [2.24, 2.45) is 5.73 Å². The molecular formula is C16H23N3O. The average Bonchev–Trinajstić information content (AvgIpc) is 2.82. The molecule has 0 radical (unpaired) electrons. The topological polar surface area (TPSA) is 53.1 Å². The van der Waals surface area contributed by atoms with Crippen LogP contribution < -0.4 is 10.5 Å². The third-order valence-corrected chi connectivity index (χ3v) is 3.39. The Bertz CT molecular complexity index is 563. The highest BCUT2D eigenvalue weighted by molar-refractivity contribution is 5.31. The molecule has 108 valence electrons. The Morgan fingerprint density at radius 2 is 2.20 bits per heavy atom. The Kier molecular flexibility index (Phi) is 4.79. The van der Waals surface area contributed by atoms with Gasteiger partial charge in [0.05, 0.1) is 25.0 Å². The molecule has 20 heavy (non-hydrogen) atoms. The zero-order valence-corrected chi connectivity index (χ0v) is 12.5. The highest BCUT2D eigenvalue weighted by Crippen LogP contribution is 2.26. The number of nitrogens with zero attached hydrogens (tertiary/aromatic N) is 2. The molecule has 0 aliphatic rings. The monoisotopic (exact) mass is 273 g/mol. The van der Waals surface area contributed by atoms with Crippen LogP contribution in [0.15, 0.2) is 30.5 Å². The van der Waals surface area contributed by atoms with E-state index < -0.39 is 0 Å². The Hall–Kier alpha value is -1.81. The van der Waals surface area contributed by atoms with Crippen molar-refractivity contribution in [2.45, 2.75) is 39.3 Å². The molecule has 0 fully saturated rings. The van der Waals surface area contributed by atoms with E-state index in [1.54, 1.807) is 13.3 Å². The van der Waals surface area contributed by atoms with Crippen LogP contribution in [0, 0.1) is 6.92 Å². The smallest absolute Gasteiger partial charge is 0.161 e. The molecule has 1 atom stereocenters. The van der Waals surface area contributed by atoms with Crippen molar-refractivity contribution in [3.8, 4) is 5.75 Å². The molecule has 0 saturated heterocycles. The van der Waals surface area contributed by atoms with Gasteiger partial charge in [-0.05, 0) is 25.3 Å². The second-order valence-electron chi connectivity index (χ2n) is 5.12. The minimum atomic E-state index is -0.110. The molecule has 0 aliphatic carbocycles. The molecule has 1 aromatic heterocycles. The van der Waals surface area contributed by atoms with Gasteiger partial charge in [-0.1, -0.05) is 36.8 Å². The van der Waals surface area contributed by atoms with Gasteiger partial charge in [0.15, 0.2) is 5.75 Å². The van der Waals surface area contributed by atoms with Gasteiger partial charge in [-0.25, -0.2) is 0 Å². The fourth-order valence-corrected chi connectivity index (χ4v) is 2.49. The zero-order chi connectivity index (χ0) is 14.5. The molecule has 1 aromatic carbocycles. The van der Waals surface area contributed by atoms with Gasteiger partial charge in [0, 0.05) is 6.54 Å². The van der Waals surface area contributed by atoms with Crippen LogP contribution in [0.5, 0.6) is 5.75 Å². The molecular weight excluding hydrogens is 250 g/mol.